The fourth-order valence-electron chi connectivity index (χ4n) is 2.64. The molecule has 2 unspecified atom stereocenters. The van der Waals surface area contributed by atoms with Crippen molar-refractivity contribution in [3.8, 4) is 0 Å². The quantitative estimate of drug-likeness (QED) is 0.735. The average molecular weight is 327 g/mol. The Kier molecular flexibility index (Phi) is 6.25. The minimum atomic E-state index is -2.99. The molecule has 8 heteroatoms. The van der Waals surface area contributed by atoms with Crippen molar-refractivity contribution in [2.75, 3.05) is 31.2 Å². The first-order chi connectivity index (χ1) is 8.89. The van der Waals surface area contributed by atoms with E-state index in [-0.39, 0.29) is 42.5 Å². The summed E-state index contributed by atoms with van der Waals surface area (Å²) in [6.45, 7) is 3.46. The van der Waals surface area contributed by atoms with Gasteiger partial charge in [-0.3, -0.25) is 4.79 Å². The number of halogens is 1. The highest BCUT2D eigenvalue weighted by atomic mass is 35.5. The highest BCUT2D eigenvalue weighted by Crippen LogP contribution is 2.22. The maximum absolute atomic E-state index is 11.8. The Morgan fingerprint density at radius 3 is 2.75 bits per heavy atom. The molecule has 20 heavy (non-hydrogen) atoms. The summed E-state index contributed by atoms with van der Waals surface area (Å²) in [6, 6.07) is 0. The predicted molar refractivity (Wildman–Crippen MR) is 78.9 cm³/mol. The molecule has 0 bridgehead atoms. The Balaban J connectivity index is 0.00000200. The smallest absolute Gasteiger partial charge is 0.234 e. The molecule has 0 saturated carbocycles. The van der Waals surface area contributed by atoms with Crippen LogP contribution < -0.4 is 10.6 Å². The maximum Gasteiger partial charge on any atom is 0.234 e. The van der Waals surface area contributed by atoms with E-state index in [9.17, 15) is 13.2 Å². The summed E-state index contributed by atoms with van der Waals surface area (Å²) in [5.41, 5.74) is -0.610. The average Bonchev–Trinajstić information content (AvgIpc) is 2.87. The summed E-state index contributed by atoms with van der Waals surface area (Å²) >= 11 is 0. The van der Waals surface area contributed by atoms with E-state index in [0.717, 1.165) is 19.4 Å². The molecule has 0 radical (unpaired) electrons. The van der Waals surface area contributed by atoms with Gasteiger partial charge in [-0.25, -0.2) is 8.42 Å². The molecule has 1 amide bonds. The van der Waals surface area contributed by atoms with Gasteiger partial charge in [0.2, 0.25) is 5.91 Å². The zero-order valence-corrected chi connectivity index (χ0v) is 13.3. The first-order valence-electron chi connectivity index (χ1n) is 6.72. The molecule has 0 aliphatic carbocycles. The lowest BCUT2D eigenvalue weighted by atomic mass is 10.0. The Hall–Kier alpha value is -0.370. The lowest BCUT2D eigenvalue weighted by molar-refractivity contribution is -0.121. The topological polar surface area (TPSA) is 84.5 Å². The van der Waals surface area contributed by atoms with E-state index in [2.05, 4.69) is 10.6 Å². The first-order valence-corrected chi connectivity index (χ1v) is 8.54. The van der Waals surface area contributed by atoms with E-state index in [0.29, 0.717) is 13.0 Å². The molecule has 2 N–H and O–H groups in total. The molecule has 0 aromatic heterocycles. The van der Waals surface area contributed by atoms with Crippen LogP contribution in [0.5, 0.6) is 0 Å². The van der Waals surface area contributed by atoms with Gasteiger partial charge in [0.1, 0.15) is 0 Å². The van der Waals surface area contributed by atoms with Crippen molar-refractivity contribution in [1.29, 1.82) is 0 Å². The molecule has 2 saturated heterocycles. The molecule has 0 aromatic rings. The number of hydrogen-bond donors (Lipinski definition) is 2. The van der Waals surface area contributed by atoms with Gasteiger partial charge in [-0.05, 0) is 26.2 Å². The highest BCUT2D eigenvalue weighted by Gasteiger charge is 2.39. The van der Waals surface area contributed by atoms with Gasteiger partial charge >= 0.3 is 0 Å². The molecule has 2 aliphatic rings. The number of nitrogens with one attached hydrogen (secondary N) is 2. The number of amides is 1. The van der Waals surface area contributed by atoms with Gasteiger partial charge in [0.25, 0.3) is 0 Å². The summed E-state index contributed by atoms with van der Waals surface area (Å²) in [6.07, 6.45) is 2.81. The molecule has 2 heterocycles. The molecule has 2 fully saturated rings. The summed E-state index contributed by atoms with van der Waals surface area (Å²) < 4.78 is 28.3. The lowest BCUT2D eigenvalue weighted by Crippen LogP contribution is -2.50. The van der Waals surface area contributed by atoms with Crippen molar-refractivity contribution < 1.29 is 17.9 Å². The third-order valence-electron chi connectivity index (χ3n) is 3.63. The summed E-state index contributed by atoms with van der Waals surface area (Å²) in [7, 11) is -2.99. The van der Waals surface area contributed by atoms with Crippen LogP contribution in [0, 0.1) is 0 Å². The van der Waals surface area contributed by atoms with Crippen LogP contribution in [0.15, 0.2) is 0 Å². The minimum absolute atomic E-state index is 0. The summed E-state index contributed by atoms with van der Waals surface area (Å²) in [5.74, 6) is 0.0440. The van der Waals surface area contributed by atoms with E-state index in [1.807, 2.05) is 0 Å². The lowest BCUT2D eigenvalue weighted by Gasteiger charge is -2.24. The minimum Gasteiger partial charge on any atom is -0.377 e. The molecule has 6 nitrogen and oxygen atoms in total. The van der Waals surface area contributed by atoms with Crippen molar-refractivity contribution in [1.82, 2.24) is 10.6 Å². The molecular formula is C12H23ClN2O4S. The highest BCUT2D eigenvalue weighted by molar-refractivity contribution is 7.91. The van der Waals surface area contributed by atoms with Gasteiger partial charge in [0.05, 0.1) is 29.7 Å². The molecule has 118 valence electrons. The largest absolute Gasteiger partial charge is 0.377 e. The molecule has 2 aliphatic heterocycles. The molecule has 2 atom stereocenters. The Morgan fingerprint density at radius 1 is 1.45 bits per heavy atom. The Morgan fingerprint density at radius 2 is 2.20 bits per heavy atom. The number of hydrogen-bond acceptors (Lipinski definition) is 5. The monoisotopic (exact) mass is 326 g/mol. The van der Waals surface area contributed by atoms with Crippen LogP contribution in [0.4, 0.5) is 0 Å². The van der Waals surface area contributed by atoms with E-state index in [1.54, 1.807) is 6.92 Å². The van der Waals surface area contributed by atoms with E-state index < -0.39 is 15.4 Å². The summed E-state index contributed by atoms with van der Waals surface area (Å²) in [5, 5.41) is 5.87. The third kappa shape index (κ3) is 5.20. The standard InChI is InChI=1S/C12H22N2O4S.ClH/c1-12(4-6-19(16,17)9-12)14-11(15)8-13-7-10-3-2-5-18-10;/h10,13H,2-9H2,1H3,(H,14,15);1H. The van der Waals surface area contributed by atoms with Crippen LogP contribution in [0.1, 0.15) is 26.2 Å². The third-order valence-corrected chi connectivity index (χ3v) is 5.53. The van der Waals surface area contributed by atoms with Gasteiger partial charge in [0, 0.05) is 13.2 Å². The van der Waals surface area contributed by atoms with Crippen LogP contribution >= 0.6 is 12.4 Å². The fraction of sp³-hybridized carbons (Fsp3) is 0.917. The normalized spacial score (nSPS) is 31.8. The fourth-order valence-corrected chi connectivity index (χ4v) is 4.73. The Bertz CT molecular complexity index is 437. The van der Waals surface area contributed by atoms with Gasteiger partial charge in [0.15, 0.2) is 9.84 Å². The van der Waals surface area contributed by atoms with Crippen molar-refractivity contribution in [2.24, 2.45) is 0 Å². The molecule has 0 aromatic carbocycles. The number of carbonyl (C=O) groups is 1. The zero-order valence-electron chi connectivity index (χ0n) is 11.7. The van der Waals surface area contributed by atoms with E-state index in [1.165, 1.54) is 0 Å². The van der Waals surface area contributed by atoms with Gasteiger partial charge < -0.3 is 15.4 Å². The maximum atomic E-state index is 11.8. The number of rotatable bonds is 5. The SMILES string of the molecule is CC1(NC(=O)CNCC2CCCO2)CCS(=O)(=O)C1.Cl. The van der Waals surface area contributed by atoms with Crippen molar-refractivity contribution in [3.05, 3.63) is 0 Å². The summed E-state index contributed by atoms with van der Waals surface area (Å²) in [4.78, 5) is 11.8. The van der Waals surface area contributed by atoms with Crippen molar-refractivity contribution >= 4 is 28.2 Å². The number of sulfone groups is 1. The second-order valence-corrected chi connectivity index (χ2v) is 7.90. The van der Waals surface area contributed by atoms with E-state index >= 15 is 0 Å². The second-order valence-electron chi connectivity index (χ2n) is 5.72. The van der Waals surface area contributed by atoms with Gasteiger partial charge in [-0.2, -0.15) is 0 Å². The van der Waals surface area contributed by atoms with Crippen molar-refractivity contribution in [3.63, 3.8) is 0 Å². The van der Waals surface area contributed by atoms with Crippen LogP contribution in [-0.2, 0) is 19.4 Å². The number of carbonyl (C=O) groups excluding carboxylic acids is 1. The zero-order chi connectivity index (χ0) is 13.9. The number of ether oxygens (including phenoxy) is 1. The van der Waals surface area contributed by atoms with Crippen LogP contribution in [0.2, 0.25) is 0 Å². The predicted octanol–water partition coefficient (Wildman–Crippen LogP) is -0.130. The van der Waals surface area contributed by atoms with Crippen LogP contribution in [0.3, 0.4) is 0 Å². The first kappa shape index (κ1) is 17.7. The van der Waals surface area contributed by atoms with Crippen LogP contribution in [0.25, 0.3) is 0 Å². The van der Waals surface area contributed by atoms with Crippen LogP contribution in [-0.4, -0.2) is 57.2 Å². The second kappa shape index (κ2) is 7.06. The molecule has 2 rings (SSSR count). The van der Waals surface area contributed by atoms with Gasteiger partial charge in [-0.15, -0.1) is 12.4 Å². The Labute approximate surface area is 126 Å². The molecule has 0 spiro atoms. The van der Waals surface area contributed by atoms with E-state index in [4.69, 9.17) is 4.74 Å². The molecular weight excluding hydrogens is 304 g/mol. The van der Waals surface area contributed by atoms with Crippen molar-refractivity contribution in [2.45, 2.75) is 37.8 Å². The van der Waals surface area contributed by atoms with Gasteiger partial charge in [-0.1, -0.05) is 0 Å².